The van der Waals surface area contributed by atoms with Gasteiger partial charge < -0.3 is 9.47 Å². The molecule has 0 spiro atoms. The maximum atomic E-state index is 11.9. The van der Waals surface area contributed by atoms with Crippen molar-refractivity contribution in [1.29, 1.82) is 0 Å². The van der Waals surface area contributed by atoms with Gasteiger partial charge in [0.2, 0.25) is 0 Å². The van der Waals surface area contributed by atoms with E-state index in [2.05, 4.69) is 0 Å². The van der Waals surface area contributed by atoms with E-state index in [1.807, 2.05) is 6.92 Å². The van der Waals surface area contributed by atoms with Crippen molar-refractivity contribution in [2.45, 2.75) is 52.6 Å². The predicted molar refractivity (Wildman–Crippen MR) is 58.8 cm³/mol. The lowest BCUT2D eigenvalue weighted by atomic mass is 9.89. The first kappa shape index (κ1) is 13.0. The molecule has 1 unspecified atom stereocenters. The molecule has 92 valence electrons. The molecule has 0 heterocycles. The van der Waals surface area contributed by atoms with Crippen molar-refractivity contribution in [3.05, 3.63) is 0 Å². The maximum absolute atomic E-state index is 11.9. The SMILES string of the molecule is CCOC(=O)C(C)OC(=O)C1(C)CCCC1. The minimum absolute atomic E-state index is 0.273. The van der Waals surface area contributed by atoms with Gasteiger partial charge in [0.1, 0.15) is 0 Å². The van der Waals surface area contributed by atoms with Crippen LogP contribution >= 0.6 is 0 Å². The fourth-order valence-electron chi connectivity index (χ4n) is 1.97. The van der Waals surface area contributed by atoms with E-state index in [0.29, 0.717) is 6.61 Å². The minimum Gasteiger partial charge on any atom is -0.463 e. The van der Waals surface area contributed by atoms with E-state index in [0.717, 1.165) is 25.7 Å². The van der Waals surface area contributed by atoms with E-state index in [1.54, 1.807) is 13.8 Å². The summed E-state index contributed by atoms with van der Waals surface area (Å²) in [6, 6.07) is 0. The summed E-state index contributed by atoms with van der Waals surface area (Å²) in [4.78, 5) is 23.2. The van der Waals surface area contributed by atoms with Crippen molar-refractivity contribution in [1.82, 2.24) is 0 Å². The lowest BCUT2D eigenvalue weighted by molar-refractivity contribution is -0.172. The monoisotopic (exact) mass is 228 g/mol. The van der Waals surface area contributed by atoms with Gasteiger partial charge in [-0.2, -0.15) is 0 Å². The number of hydrogen-bond donors (Lipinski definition) is 0. The van der Waals surface area contributed by atoms with Crippen molar-refractivity contribution in [2.75, 3.05) is 6.61 Å². The van der Waals surface area contributed by atoms with Crippen LogP contribution in [0.25, 0.3) is 0 Å². The van der Waals surface area contributed by atoms with Gasteiger partial charge in [-0.25, -0.2) is 4.79 Å². The van der Waals surface area contributed by atoms with E-state index in [1.165, 1.54) is 0 Å². The molecule has 1 saturated carbocycles. The molecule has 0 saturated heterocycles. The standard InChI is InChI=1S/C12H20O4/c1-4-15-10(13)9(2)16-11(14)12(3)7-5-6-8-12/h9H,4-8H2,1-3H3. The van der Waals surface area contributed by atoms with Crippen molar-refractivity contribution >= 4 is 11.9 Å². The Hall–Kier alpha value is -1.06. The van der Waals surface area contributed by atoms with E-state index >= 15 is 0 Å². The first-order valence-corrected chi connectivity index (χ1v) is 5.87. The molecule has 1 aliphatic rings. The molecule has 0 aromatic rings. The Kier molecular flexibility index (Phi) is 4.33. The number of esters is 2. The van der Waals surface area contributed by atoms with Crippen molar-refractivity contribution < 1.29 is 19.1 Å². The van der Waals surface area contributed by atoms with Gasteiger partial charge in [-0.05, 0) is 33.6 Å². The van der Waals surface area contributed by atoms with Gasteiger partial charge in [0.15, 0.2) is 6.10 Å². The normalized spacial score (nSPS) is 20.2. The van der Waals surface area contributed by atoms with Crippen LogP contribution in [0.15, 0.2) is 0 Å². The number of rotatable bonds is 4. The van der Waals surface area contributed by atoms with Crippen molar-refractivity contribution in [2.24, 2.45) is 5.41 Å². The number of carbonyl (C=O) groups excluding carboxylic acids is 2. The van der Waals surface area contributed by atoms with E-state index in [9.17, 15) is 9.59 Å². The number of carbonyl (C=O) groups is 2. The van der Waals surface area contributed by atoms with Gasteiger partial charge in [0.05, 0.1) is 12.0 Å². The summed E-state index contributed by atoms with van der Waals surface area (Å²) in [6.07, 6.45) is 3.01. The van der Waals surface area contributed by atoms with Gasteiger partial charge in [-0.1, -0.05) is 12.8 Å². The summed E-state index contributed by atoms with van der Waals surface area (Å²) in [5, 5.41) is 0. The summed E-state index contributed by atoms with van der Waals surface area (Å²) in [5.41, 5.74) is -0.402. The average Bonchev–Trinajstić information content (AvgIpc) is 2.66. The highest BCUT2D eigenvalue weighted by atomic mass is 16.6. The van der Waals surface area contributed by atoms with Crippen LogP contribution in [0.2, 0.25) is 0 Å². The molecular weight excluding hydrogens is 208 g/mol. The van der Waals surface area contributed by atoms with Gasteiger partial charge in [0.25, 0.3) is 0 Å². The molecule has 1 rings (SSSR count). The second-order valence-electron chi connectivity index (χ2n) is 4.57. The molecule has 1 aliphatic carbocycles. The van der Waals surface area contributed by atoms with Crippen LogP contribution in [0.4, 0.5) is 0 Å². The highest BCUT2D eigenvalue weighted by molar-refractivity contribution is 5.82. The molecule has 0 aliphatic heterocycles. The summed E-state index contributed by atoms with van der Waals surface area (Å²) < 4.78 is 9.92. The van der Waals surface area contributed by atoms with Crippen LogP contribution in [-0.4, -0.2) is 24.6 Å². The number of ether oxygens (including phenoxy) is 2. The summed E-state index contributed by atoms with van der Waals surface area (Å²) in [5.74, 6) is -0.747. The predicted octanol–water partition coefficient (Wildman–Crippen LogP) is 2.06. The van der Waals surface area contributed by atoms with Gasteiger partial charge in [-0.3, -0.25) is 4.79 Å². The zero-order valence-corrected chi connectivity index (χ0v) is 10.2. The van der Waals surface area contributed by atoms with Crippen molar-refractivity contribution in [3.63, 3.8) is 0 Å². The second kappa shape index (κ2) is 5.32. The molecule has 0 amide bonds. The first-order chi connectivity index (χ1) is 7.49. The molecule has 0 bridgehead atoms. The largest absolute Gasteiger partial charge is 0.463 e. The average molecular weight is 228 g/mol. The van der Waals surface area contributed by atoms with Crippen LogP contribution in [0.5, 0.6) is 0 Å². The molecule has 4 nitrogen and oxygen atoms in total. The van der Waals surface area contributed by atoms with Gasteiger partial charge in [-0.15, -0.1) is 0 Å². The van der Waals surface area contributed by atoms with Gasteiger partial charge in [0, 0.05) is 0 Å². The molecule has 0 aromatic heterocycles. The molecule has 1 atom stereocenters. The summed E-state index contributed by atoms with van der Waals surface area (Å²) in [6.45, 7) is 5.48. The number of hydrogen-bond acceptors (Lipinski definition) is 4. The zero-order valence-electron chi connectivity index (χ0n) is 10.2. The van der Waals surface area contributed by atoms with E-state index in [-0.39, 0.29) is 5.97 Å². The topological polar surface area (TPSA) is 52.6 Å². The third kappa shape index (κ3) is 2.97. The third-order valence-corrected chi connectivity index (χ3v) is 3.10. The van der Waals surface area contributed by atoms with Crippen LogP contribution in [0.1, 0.15) is 46.5 Å². The fourth-order valence-corrected chi connectivity index (χ4v) is 1.97. The zero-order chi connectivity index (χ0) is 12.2. The molecule has 0 radical (unpaired) electrons. The maximum Gasteiger partial charge on any atom is 0.347 e. The Bertz CT molecular complexity index is 266. The summed E-state index contributed by atoms with van der Waals surface area (Å²) in [7, 11) is 0. The van der Waals surface area contributed by atoms with Crippen LogP contribution in [0, 0.1) is 5.41 Å². The lowest BCUT2D eigenvalue weighted by Crippen LogP contribution is -2.33. The Morgan fingerprint density at radius 1 is 1.31 bits per heavy atom. The first-order valence-electron chi connectivity index (χ1n) is 5.87. The quantitative estimate of drug-likeness (QED) is 0.691. The van der Waals surface area contributed by atoms with Crippen LogP contribution in [-0.2, 0) is 19.1 Å². The third-order valence-electron chi connectivity index (χ3n) is 3.10. The Morgan fingerprint density at radius 3 is 2.38 bits per heavy atom. The van der Waals surface area contributed by atoms with Crippen molar-refractivity contribution in [3.8, 4) is 0 Å². The molecule has 16 heavy (non-hydrogen) atoms. The van der Waals surface area contributed by atoms with E-state index in [4.69, 9.17) is 9.47 Å². The van der Waals surface area contributed by atoms with Crippen LogP contribution < -0.4 is 0 Å². The molecule has 1 fully saturated rings. The van der Waals surface area contributed by atoms with Gasteiger partial charge >= 0.3 is 11.9 Å². The smallest absolute Gasteiger partial charge is 0.347 e. The highest BCUT2D eigenvalue weighted by Gasteiger charge is 2.39. The highest BCUT2D eigenvalue weighted by Crippen LogP contribution is 2.38. The Morgan fingerprint density at radius 2 is 1.88 bits per heavy atom. The minimum atomic E-state index is -0.801. The molecule has 4 heteroatoms. The molecular formula is C12H20O4. The lowest BCUT2D eigenvalue weighted by Gasteiger charge is -2.23. The molecule has 0 aromatic carbocycles. The Labute approximate surface area is 96.3 Å². The Balaban J connectivity index is 2.47. The van der Waals surface area contributed by atoms with Crippen LogP contribution in [0.3, 0.4) is 0 Å². The van der Waals surface area contributed by atoms with E-state index < -0.39 is 17.5 Å². The fraction of sp³-hybridized carbons (Fsp3) is 0.833. The second-order valence-corrected chi connectivity index (χ2v) is 4.57. The summed E-state index contributed by atoms with van der Waals surface area (Å²) >= 11 is 0. The molecule has 0 N–H and O–H groups in total.